The van der Waals surface area contributed by atoms with Crippen LogP contribution in [-0.2, 0) is 14.3 Å². The van der Waals surface area contributed by atoms with Gasteiger partial charge >= 0.3 is 12.1 Å². The number of halogens is 2. The van der Waals surface area contributed by atoms with Crippen molar-refractivity contribution in [2.75, 3.05) is 20.2 Å². The van der Waals surface area contributed by atoms with E-state index in [1.54, 1.807) is 20.8 Å². The van der Waals surface area contributed by atoms with Crippen molar-refractivity contribution in [3.63, 3.8) is 0 Å². The smallest absolute Gasteiger partial charge is 0.410 e. The van der Waals surface area contributed by atoms with Crippen LogP contribution in [0.15, 0.2) is 0 Å². The molecule has 1 aliphatic heterocycles. The summed E-state index contributed by atoms with van der Waals surface area (Å²) in [7, 11) is 1.21. The minimum atomic E-state index is -2.83. The third-order valence-corrected chi connectivity index (χ3v) is 3.97. The van der Waals surface area contributed by atoms with Crippen LogP contribution in [0.5, 0.6) is 0 Å². The van der Waals surface area contributed by atoms with E-state index in [1.807, 2.05) is 0 Å². The summed E-state index contributed by atoms with van der Waals surface area (Å²) in [4.78, 5) is 25.0. The molecule has 120 valence electrons. The maximum absolute atomic E-state index is 13.7. The Bertz CT molecular complexity index is 460. The number of piperidine rings is 1. The Morgan fingerprint density at radius 3 is 2.29 bits per heavy atom. The lowest BCUT2D eigenvalue weighted by Gasteiger charge is -2.37. The Kier molecular flexibility index (Phi) is 3.66. The zero-order chi connectivity index (χ0) is 16.1. The first-order valence-electron chi connectivity index (χ1n) is 6.93. The molecule has 0 aromatic rings. The standard InChI is InChI=1S/C14H21F2NO4/c1-12(2,3)21-11(19)17-6-9(10(18)20-4)5-13(8-17)7-14(13,15)16/h9H,5-8H2,1-4H3. The molecule has 0 aromatic heterocycles. The van der Waals surface area contributed by atoms with E-state index in [4.69, 9.17) is 4.74 Å². The summed E-state index contributed by atoms with van der Waals surface area (Å²) < 4.78 is 37.2. The second-order valence-electron chi connectivity index (χ2n) is 6.95. The first-order chi connectivity index (χ1) is 9.50. The van der Waals surface area contributed by atoms with Crippen molar-refractivity contribution < 1.29 is 27.8 Å². The van der Waals surface area contributed by atoms with Crippen LogP contribution in [-0.4, -0.2) is 48.7 Å². The highest BCUT2D eigenvalue weighted by Gasteiger charge is 2.73. The number of nitrogens with zero attached hydrogens (tertiary/aromatic N) is 1. The fraction of sp³-hybridized carbons (Fsp3) is 0.857. The molecular formula is C14H21F2NO4. The van der Waals surface area contributed by atoms with E-state index in [0.717, 1.165) is 0 Å². The molecule has 2 rings (SSSR count). The predicted octanol–water partition coefficient (Wildman–Crippen LogP) is 2.44. The highest BCUT2D eigenvalue weighted by atomic mass is 19.3. The topological polar surface area (TPSA) is 55.8 Å². The largest absolute Gasteiger partial charge is 0.469 e. The molecule has 0 aromatic carbocycles. The summed E-state index contributed by atoms with van der Waals surface area (Å²) in [5.41, 5.74) is -2.02. The Hall–Kier alpha value is -1.40. The van der Waals surface area contributed by atoms with Gasteiger partial charge in [0.05, 0.1) is 18.4 Å². The molecular weight excluding hydrogens is 284 g/mol. The van der Waals surface area contributed by atoms with Crippen LogP contribution in [0.4, 0.5) is 13.6 Å². The Balaban J connectivity index is 2.15. The third kappa shape index (κ3) is 3.11. The molecule has 0 radical (unpaired) electrons. The van der Waals surface area contributed by atoms with Crippen LogP contribution < -0.4 is 0 Å². The van der Waals surface area contributed by atoms with Gasteiger partial charge in [-0.05, 0) is 27.2 Å². The van der Waals surface area contributed by atoms with Gasteiger partial charge in [-0.15, -0.1) is 0 Å². The lowest BCUT2D eigenvalue weighted by atomic mass is 9.86. The molecule has 2 fully saturated rings. The molecule has 21 heavy (non-hydrogen) atoms. The molecule has 1 saturated carbocycles. The average molecular weight is 305 g/mol. The van der Waals surface area contributed by atoms with Crippen molar-refractivity contribution in [3.05, 3.63) is 0 Å². The fourth-order valence-electron chi connectivity index (χ4n) is 2.86. The minimum Gasteiger partial charge on any atom is -0.469 e. The van der Waals surface area contributed by atoms with E-state index < -0.39 is 34.9 Å². The summed E-state index contributed by atoms with van der Waals surface area (Å²) in [5, 5.41) is 0. The second kappa shape index (κ2) is 4.81. The normalized spacial score (nSPS) is 31.0. The zero-order valence-corrected chi connectivity index (χ0v) is 12.7. The lowest BCUT2D eigenvalue weighted by Crippen LogP contribution is -2.50. The number of hydrogen-bond acceptors (Lipinski definition) is 4. The zero-order valence-electron chi connectivity index (χ0n) is 12.7. The highest BCUT2D eigenvalue weighted by molar-refractivity contribution is 5.75. The van der Waals surface area contributed by atoms with Crippen molar-refractivity contribution in [3.8, 4) is 0 Å². The molecule has 1 aliphatic carbocycles. The van der Waals surface area contributed by atoms with Crippen LogP contribution in [0.3, 0.4) is 0 Å². The van der Waals surface area contributed by atoms with Gasteiger partial charge in [0.1, 0.15) is 5.60 Å². The first-order valence-corrected chi connectivity index (χ1v) is 6.93. The fourth-order valence-corrected chi connectivity index (χ4v) is 2.86. The average Bonchev–Trinajstić information content (AvgIpc) is 2.85. The number of ether oxygens (including phenoxy) is 2. The molecule has 7 heteroatoms. The molecule has 1 amide bonds. The van der Waals surface area contributed by atoms with E-state index in [-0.39, 0.29) is 25.9 Å². The van der Waals surface area contributed by atoms with Crippen molar-refractivity contribution in [1.29, 1.82) is 0 Å². The van der Waals surface area contributed by atoms with Gasteiger partial charge in [-0.3, -0.25) is 4.79 Å². The number of methoxy groups -OCH3 is 1. The number of hydrogen-bond donors (Lipinski definition) is 0. The van der Waals surface area contributed by atoms with Crippen LogP contribution in [0.2, 0.25) is 0 Å². The van der Waals surface area contributed by atoms with Crippen LogP contribution in [0, 0.1) is 11.3 Å². The number of likely N-dealkylation sites (tertiary alicyclic amines) is 1. The molecule has 1 spiro atoms. The summed E-state index contributed by atoms with van der Waals surface area (Å²) in [6, 6.07) is 0. The van der Waals surface area contributed by atoms with E-state index in [2.05, 4.69) is 4.74 Å². The number of carbonyl (C=O) groups excluding carboxylic acids is 2. The van der Waals surface area contributed by atoms with E-state index in [0.29, 0.717) is 0 Å². The predicted molar refractivity (Wildman–Crippen MR) is 69.9 cm³/mol. The summed E-state index contributed by atoms with van der Waals surface area (Å²) >= 11 is 0. The van der Waals surface area contributed by atoms with Crippen molar-refractivity contribution in [2.24, 2.45) is 11.3 Å². The van der Waals surface area contributed by atoms with Crippen molar-refractivity contribution in [1.82, 2.24) is 4.90 Å². The van der Waals surface area contributed by atoms with E-state index >= 15 is 0 Å². The quantitative estimate of drug-likeness (QED) is 0.698. The van der Waals surface area contributed by atoms with Crippen LogP contribution in [0.1, 0.15) is 33.6 Å². The molecule has 2 atom stereocenters. The highest BCUT2D eigenvalue weighted by Crippen LogP contribution is 2.65. The minimum absolute atomic E-state index is 0.0476. The van der Waals surface area contributed by atoms with Gasteiger partial charge in [0.2, 0.25) is 0 Å². The third-order valence-electron chi connectivity index (χ3n) is 3.97. The number of carbonyl (C=O) groups is 2. The van der Waals surface area contributed by atoms with Crippen LogP contribution >= 0.6 is 0 Å². The summed E-state index contributed by atoms with van der Waals surface area (Å²) in [6.07, 6.45) is -0.920. The van der Waals surface area contributed by atoms with Gasteiger partial charge in [0.15, 0.2) is 0 Å². The second-order valence-corrected chi connectivity index (χ2v) is 6.95. The van der Waals surface area contributed by atoms with Gasteiger partial charge in [-0.2, -0.15) is 0 Å². The molecule has 1 heterocycles. The Labute approximate surface area is 122 Å². The monoisotopic (exact) mass is 305 g/mol. The van der Waals surface area contributed by atoms with Gasteiger partial charge in [0, 0.05) is 19.5 Å². The maximum Gasteiger partial charge on any atom is 0.410 e. The molecule has 1 saturated heterocycles. The van der Waals surface area contributed by atoms with Gasteiger partial charge in [-0.25, -0.2) is 13.6 Å². The number of rotatable bonds is 1. The molecule has 5 nitrogen and oxygen atoms in total. The number of esters is 1. The van der Waals surface area contributed by atoms with Crippen molar-refractivity contribution >= 4 is 12.1 Å². The number of alkyl halides is 2. The maximum atomic E-state index is 13.7. The molecule has 0 bridgehead atoms. The Morgan fingerprint density at radius 2 is 1.86 bits per heavy atom. The lowest BCUT2D eigenvalue weighted by molar-refractivity contribution is -0.149. The summed E-state index contributed by atoms with van der Waals surface area (Å²) in [5.74, 6) is -4.13. The summed E-state index contributed by atoms with van der Waals surface area (Å²) in [6.45, 7) is 5.08. The van der Waals surface area contributed by atoms with E-state index in [1.165, 1.54) is 12.0 Å². The SMILES string of the molecule is COC(=O)C1CN(C(=O)OC(C)(C)C)CC2(C1)CC2(F)F. The van der Waals surface area contributed by atoms with E-state index in [9.17, 15) is 18.4 Å². The number of amides is 1. The molecule has 2 unspecified atom stereocenters. The first kappa shape index (κ1) is 16.0. The van der Waals surface area contributed by atoms with Crippen LogP contribution in [0.25, 0.3) is 0 Å². The van der Waals surface area contributed by atoms with Gasteiger partial charge < -0.3 is 14.4 Å². The van der Waals surface area contributed by atoms with Gasteiger partial charge in [-0.1, -0.05) is 0 Å². The molecule has 2 aliphatic rings. The molecule has 0 N–H and O–H groups in total. The van der Waals surface area contributed by atoms with Gasteiger partial charge in [0.25, 0.3) is 5.92 Å². The Morgan fingerprint density at radius 1 is 1.29 bits per heavy atom. The van der Waals surface area contributed by atoms with Crippen molar-refractivity contribution in [2.45, 2.75) is 45.1 Å².